The van der Waals surface area contributed by atoms with Crippen molar-refractivity contribution in [2.24, 2.45) is 0 Å². The molecule has 0 fully saturated rings. The Morgan fingerprint density at radius 1 is 1.00 bits per heavy atom. The number of allylic oxidation sites excluding steroid dienone is 1. The minimum Gasteiger partial charge on any atom is -0.434 e. The van der Waals surface area contributed by atoms with Crippen LogP contribution < -0.4 is 15.4 Å². The van der Waals surface area contributed by atoms with E-state index in [9.17, 15) is 14.4 Å². The number of amides is 2. The molecule has 0 heterocycles. The summed E-state index contributed by atoms with van der Waals surface area (Å²) in [7, 11) is 0. The highest BCUT2D eigenvalue weighted by molar-refractivity contribution is 6.04. The average molecular weight is 410 g/mol. The zero-order chi connectivity index (χ0) is 21.9. The summed E-state index contributed by atoms with van der Waals surface area (Å²) in [6, 6.07) is 13.4. The molecule has 0 spiro atoms. The molecule has 7 nitrogen and oxygen atoms in total. The Morgan fingerprint density at radius 3 is 2.37 bits per heavy atom. The molecule has 0 saturated carbocycles. The number of rotatable bonds is 8. The minimum atomic E-state index is -0.797. The van der Waals surface area contributed by atoms with Crippen molar-refractivity contribution in [3.8, 4) is 5.75 Å². The fraction of sp³-hybridized carbons (Fsp3) is 0.261. The van der Waals surface area contributed by atoms with Crippen molar-refractivity contribution in [3.05, 3.63) is 71.3 Å². The van der Waals surface area contributed by atoms with Gasteiger partial charge in [-0.25, -0.2) is 4.79 Å². The van der Waals surface area contributed by atoms with Crippen molar-refractivity contribution in [2.75, 3.05) is 11.9 Å². The third-order valence-electron chi connectivity index (χ3n) is 4.23. The van der Waals surface area contributed by atoms with Gasteiger partial charge in [0.15, 0.2) is 0 Å². The maximum atomic E-state index is 12.6. The number of benzene rings is 2. The van der Waals surface area contributed by atoms with E-state index in [4.69, 9.17) is 9.47 Å². The summed E-state index contributed by atoms with van der Waals surface area (Å²) in [5.74, 6) is -0.214. The van der Waals surface area contributed by atoms with Gasteiger partial charge >= 0.3 is 6.16 Å². The summed E-state index contributed by atoms with van der Waals surface area (Å²) in [4.78, 5) is 35.9. The Hall–Kier alpha value is -3.61. The van der Waals surface area contributed by atoms with Crippen molar-refractivity contribution >= 4 is 23.7 Å². The van der Waals surface area contributed by atoms with Gasteiger partial charge in [-0.05, 0) is 56.2 Å². The molecule has 0 saturated heterocycles. The van der Waals surface area contributed by atoms with Crippen LogP contribution in [0.25, 0.3) is 0 Å². The van der Waals surface area contributed by atoms with Gasteiger partial charge in [0, 0.05) is 23.9 Å². The fourth-order valence-corrected chi connectivity index (χ4v) is 2.47. The van der Waals surface area contributed by atoms with Gasteiger partial charge in [0.05, 0.1) is 6.61 Å². The highest BCUT2D eigenvalue weighted by Gasteiger charge is 2.11. The number of carbonyl (C=O) groups excluding carboxylic acids is 3. The number of ether oxygens (including phenoxy) is 2. The molecule has 2 aromatic rings. The van der Waals surface area contributed by atoms with Crippen LogP contribution >= 0.6 is 0 Å². The standard InChI is InChI=1S/C23H26N2O5/c1-4-16(3)14-21(26)24-15-18-8-6-7-9-20(18)25-22(27)17-10-12-19(13-11-17)30-23(28)29-5-2/h6-14H,4-5,15H2,1-3H3,(H,24,26)(H,25,27)/b16-14+. The quantitative estimate of drug-likeness (QED) is 0.381. The van der Waals surface area contributed by atoms with Crippen LogP contribution in [0.1, 0.15) is 43.1 Å². The molecule has 30 heavy (non-hydrogen) atoms. The van der Waals surface area contributed by atoms with Gasteiger partial charge < -0.3 is 20.1 Å². The first kappa shape index (κ1) is 22.7. The topological polar surface area (TPSA) is 93.7 Å². The van der Waals surface area contributed by atoms with Crippen LogP contribution in [0.4, 0.5) is 10.5 Å². The van der Waals surface area contributed by atoms with Gasteiger partial charge in [-0.1, -0.05) is 30.7 Å². The van der Waals surface area contributed by atoms with E-state index in [0.717, 1.165) is 17.6 Å². The Kier molecular flexibility index (Phi) is 8.62. The van der Waals surface area contributed by atoms with Gasteiger partial charge in [-0.3, -0.25) is 9.59 Å². The van der Waals surface area contributed by atoms with Crippen molar-refractivity contribution in [1.82, 2.24) is 5.32 Å². The van der Waals surface area contributed by atoms with E-state index in [1.165, 1.54) is 12.1 Å². The predicted molar refractivity (Wildman–Crippen MR) is 114 cm³/mol. The van der Waals surface area contributed by atoms with Crippen LogP contribution in [0, 0.1) is 0 Å². The molecule has 7 heteroatoms. The smallest absolute Gasteiger partial charge is 0.434 e. The molecular formula is C23H26N2O5. The third kappa shape index (κ3) is 7.09. The van der Waals surface area contributed by atoms with Crippen LogP contribution in [-0.4, -0.2) is 24.6 Å². The number of nitrogens with one attached hydrogen (secondary N) is 2. The first-order valence-corrected chi connectivity index (χ1v) is 9.71. The zero-order valence-corrected chi connectivity index (χ0v) is 17.4. The Bertz CT molecular complexity index is 919. The molecule has 0 atom stereocenters. The summed E-state index contributed by atoms with van der Waals surface area (Å²) in [5.41, 5.74) is 2.77. The minimum absolute atomic E-state index is 0.173. The lowest BCUT2D eigenvalue weighted by molar-refractivity contribution is -0.116. The third-order valence-corrected chi connectivity index (χ3v) is 4.23. The summed E-state index contributed by atoms with van der Waals surface area (Å²) < 4.78 is 9.69. The molecule has 2 N–H and O–H groups in total. The molecule has 0 unspecified atom stereocenters. The van der Waals surface area contributed by atoms with Crippen LogP contribution in [0.2, 0.25) is 0 Å². The molecular weight excluding hydrogens is 384 g/mol. The van der Waals surface area contributed by atoms with E-state index in [-0.39, 0.29) is 30.7 Å². The number of carbonyl (C=O) groups is 3. The number of hydrogen-bond donors (Lipinski definition) is 2. The van der Waals surface area contributed by atoms with E-state index in [1.54, 1.807) is 37.3 Å². The van der Waals surface area contributed by atoms with Gasteiger partial charge in [0.1, 0.15) is 5.75 Å². The van der Waals surface area contributed by atoms with Crippen molar-refractivity contribution in [3.63, 3.8) is 0 Å². The van der Waals surface area contributed by atoms with E-state index >= 15 is 0 Å². The van der Waals surface area contributed by atoms with E-state index < -0.39 is 6.16 Å². The molecule has 0 bridgehead atoms. The first-order chi connectivity index (χ1) is 14.4. The highest BCUT2D eigenvalue weighted by atomic mass is 16.7. The number of anilines is 1. The van der Waals surface area contributed by atoms with Gasteiger partial charge in [-0.2, -0.15) is 0 Å². The number of hydrogen-bond acceptors (Lipinski definition) is 5. The molecule has 0 aliphatic carbocycles. The van der Waals surface area contributed by atoms with Crippen molar-refractivity contribution < 1.29 is 23.9 Å². The zero-order valence-electron chi connectivity index (χ0n) is 17.4. The lowest BCUT2D eigenvalue weighted by atomic mass is 10.1. The Labute approximate surface area is 176 Å². The first-order valence-electron chi connectivity index (χ1n) is 9.71. The lowest BCUT2D eigenvalue weighted by Crippen LogP contribution is -2.22. The second kappa shape index (κ2) is 11.4. The summed E-state index contributed by atoms with van der Waals surface area (Å²) >= 11 is 0. The predicted octanol–water partition coefficient (Wildman–Crippen LogP) is 4.45. The van der Waals surface area contributed by atoms with E-state index in [1.807, 2.05) is 26.0 Å². The highest BCUT2D eigenvalue weighted by Crippen LogP contribution is 2.18. The molecule has 2 rings (SSSR count). The summed E-state index contributed by atoms with van der Waals surface area (Å²) in [6.07, 6.45) is 1.58. The largest absolute Gasteiger partial charge is 0.513 e. The fourth-order valence-electron chi connectivity index (χ4n) is 2.47. The van der Waals surface area contributed by atoms with Crippen LogP contribution in [0.3, 0.4) is 0 Å². The van der Waals surface area contributed by atoms with Gasteiger partial charge in [0.25, 0.3) is 5.91 Å². The van der Waals surface area contributed by atoms with Crippen molar-refractivity contribution in [2.45, 2.75) is 33.7 Å². The van der Waals surface area contributed by atoms with Crippen LogP contribution in [0.5, 0.6) is 5.75 Å². The molecule has 0 aliphatic heterocycles. The van der Waals surface area contributed by atoms with Gasteiger partial charge in [0.2, 0.25) is 5.91 Å². The van der Waals surface area contributed by atoms with Crippen LogP contribution in [-0.2, 0) is 16.1 Å². The lowest BCUT2D eigenvalue weighted by Gasteiger charge is -2.12. The van der Waals surface area contributed by atoms with Crippen molar-refractivity contribution in [1.29, 1.82) is 0 Å². The molecule has 0 aromatic heterocycles. The molecule has 0 radical (unpaired) electrons. The molecule has 158 valence electrons. The normalized spacial score (nSPS) is 10.8. The van der Waals surface area contributed by atoms with Gasteiger partial charge in [-0.15, -0.1) is 0 Å². The maximum Gasteiger partial charge on any atom is 0.513 e. The van der Waals surface area contributed by atoms with E-state index in [0.29, 0.717) is 11.3 Å². The summed E-state index contributed by atoms with van der Waals surface area (Å²) in [6.45, 7) is 6.07. The second-order valence-electron chi connectivity index (χ2n) is 6.48. The SMILES string of the molecule is CCOC(=O)Oc1ccc(C(=O)Nc2ccccc2CNC(=O)/C=C(\C)CC)cc1. The monoisotopic (exact) mass is 410 g/mol. The molecule has 2 aromatic carbocycles. The number of para-hydroxylation sites is 1. The Morgan fingerprint density at radius 2 is 1.70 bits per heavy atom. The average Bonchev–Trinajstić information content (AvgIpc) is 2.73. The van der Waals surface area contributed by atoms with Crippen LogP contribution in [0.15, 0.2) is 60.2 Å². The molecule has 0 aliphatic rings. The van der Waals surface area contributed by atoms with E-state index in [2.05, 4.69) is 10.6 Å². The second-order valence-corrected chi connectivity index (χ2v) is 6.48. The Balaban J connectivity index is 2.01. The molecule has 2 amide bonds. The maximum absolute atomic E-state index is 12.6. The summed E-state index contributed by atoms with van der Waals surface area (Å²) in [5, 5.41) is 5.67.